The summed E-state index contributed by atoms with van der Waals surface area (Å²) in [4.78, 5) is 24.6. The quantitative estimate of drug-likeness (QED) is 0.0373. The summed E-state index contributed by atoms with van der Waals surface area (Å²) in [6.07, 6.45) is 99.1. The minimum atomic E-state index is -0.776. The highest BCUT2D eigenvalue weighted by Gasteiger charge is 2.16. The monoisotopic (exact) mass is 1120 g/mol. The molecule has 1 unspecified atom stereocenters. The summed E-state index contributed by atoms with van der Waals surface area (Å²) in [7, 11) is 0. The third-order valence-electron chi connectivity index (χ3n) is 15.7. The third kappa shape index (κ3) is 67.6. The SMILES string of the molecule is CC/C=C\C/C=C\C/C=C\C/C=C\CCCCCCCCCCCCCCCCCCCCCCCCCCCCCCC(=O)OC(CO)COC(=O)CCCCCCCCCCCC/C=C\C/C=C\C/C=C\CCCCCCC. The van der Waals surface area contributed by atoms with Gasteiger partial charge >= 0.3 is 11.9 Å². The molecular weight excluding hydrogens is 981 g/mol. The number of carbonyl (C=O) groups excluding carboxylic acids is 2. The summed E-state index contributed by atoms with van der Waals surface area (Å²) in [6.45, 7) is 4.05. The van der Waals surface area contributed by atoms with E-state index in [-0.39, 0.29) is 25.2 Å². The molecule has 0 rings (SSSR count). The lowest BCUT2D eigenvalue weighted by molar-refractivity contribution is -0.161. The van der Waals surface area contributed by atoms with Gasteiger partial charge in [0.1, 0.15) is 6.61 Å². The van der Waals surface area contributed by atoms with Gasteiger partial charge in [-0.1, -0.05) is 343 Å². The molecule has 0 aliphatic carbocycles. The molecule has 0 heterocycles. The van der Waals surface area contributed by atoms with Crippen LogP contribution in [0.2, 0.25) is 0 Å². The Bertz CT molecular complexity index is 1450. The van der Waals surface area contributed by atoms with Gasteiger partial charge in [0.05, 0.1) is 6.61 Å². The van der Waals surface area contributed by atoms with E-state index in [1.165, 1.54) is 257 Å². The predicted octanol–water partition coefficient (Wildman–Crippen LogP) is 24.4. The molecule has 5 nitrogen and oxygen atoms in total. The second-order valence-corrected chi connectivity index (χ2v) is 23.6. The van der Waals surface area contributed by atoms with E-state index in [1.807, 2.05) is 0 Å². The van der Waals surface area contributed by atoms with E-state index in [1.54, 1.807) is 0 Å². The molecule has 464 valence electrons. The second kappa shape index (κ2) is 70.3. The number of carbonyl (C=O) groups is 2. The van der Waals surface area contributed by atoms with Crippen molar-refractivity contribution in [1.82, 2.24) is 0 Å². The van der Waals surface area contributed by atoms with Crippen LogP contribution in [-0.2, 0) is 19.1 Å². The molecule has 0 spiro atoms. The number of hydrogen-bond acceptors (Lipinski definition) is 5. The number of hydrogen-bond donors (Lipinski definition) is 1. The molecule has 0 fully saturated rings. The Morgan fingerprint density at radius 1 is 0.300 bits per heavy atom. The van der Waals surface area contributed by atoms with Crippen LogP contribution in [0.3, 0.4) is 0 Å². The molecule has 0 bridgehead atoms. The summed E-state index contributed by atoms with van der Waals surface area (Å²) in [5.74, 6) is -0.579. The topological polar surface area (TPSA) is 72.8 Å². The molecule has 1 atom stereocenters. The Labute approximate surface area is 498 Å². The maximum Gasteiger partial charge on any atom is 0.306 e. The molecule has 0 aliphatic rings. The lowest BCUT2D eigenvalue weighted by Gasteiger charge is -2.15. The smallest absolute Gasteiger partial charge is 0.306 e. The van der Waals surface area contributed by atoms with Crippen LogP contribution in [0, 0.1) is 0 Å². The number of esters is 2. The van der Waals surface area contributed by atoms with Crippen LogP contribution in [0.4, 0.5) is 0 Å². The van der Waals surface area contributed by atoms with E-state index in [0.29, 0.717) is 12.8 Å². The molecule has 0 saturated heterocycles. The number of ether oxygens (including phenoxy) is 2. The highest BCUT2D eigenvalue weighted by Crippen LogP contribution is 2.18. The lowest BCUT2D eigenvalue weighted by Crippen LogP contribution is -2.28. The Morgan fingerprint density at radius 2 is 0.537 bits per heavy atom. The first-order valence-corrected chi connectivity index (χ1v) is 35.1. The summed E-state index contributed by atoms with van der Waals surface area (Å²) in [5, 5.41) is 9.70. The third-order valence-corrected chi connectivity index (χ3v) is 15.7. The number of aliphatic hydroxyl groups excluding tert-OH is 1. The van der Waals surface area contributed by atoms with Gasteiger partial charge in [0.25, 0.3) is 0 Å². The molecule has 5 heteroatoms. The minimum absolute atomic E-state index is 0.0661. The van der Waals surface area contributed by atoms with Gasteiger partial charge in [-0.2, -0.15) is 0 Å². The normalized spacial score (nSPS) is 12.7. The van der Waals surface area contributed by atoms with E-state index >= 15 is 0 Å². The molecular formula is C75H134O5. The van der Waals surface area contributed by atoms with E-state index in [0.717, 1.165) is 77.0 Å². The van der Waals surface area contributed by atoms with Crippen LogP contribution in [0.15, 0.2) is 85.1 Å². The summed E-state index contributed by atoms with van der Waals surface area (Å²) < 4.78 is 10.8. The molecule has 1 N–H and O–H groups in total. The number of unbranched alkanes of at least 4 members (excludes halogenated alkanes) is 43. The fourth-order valence-corrected chi connectivity index (χ4v) is 10.4. The van der Waals surface area contributed by atoms with Crippen LogP contribution in [0.5, 0.6) is 0 Å². The Hall–Kier alpha value is -2.92. The Morgan fingerprint density at radius 3 is 0.812 bits per heavy atom. The van der Waals surface area contributed by atoms with Gasteiger partial charge in [-0.25, -0.2) is 0 Å². The van der Waals surface area contributed by atoms with Crippen molar-refractivity contribution < 1.29 is 24.2 Å². The number of rotatable bonds is 65. The summed E-state index contributed by atoms with van der Waals surface area (Å²) >= 11 is 0. The van der Waals surface area contributed by atoms with Gasteiger partial charge in [-0.05, 0) is 89.9 Å². The van der Waals surface area contributed by atoms with Gasteiger partial charge in [-0.3, -0.25) is 9.59 Å². The fraction of sp³-hybridized carbons (Fsp3) is 0.787. The van der Waals surface area contributed by atoms with E-state index in [4.69, 9.17) is 9.47 Å². The highest BCUT2D eigenvalue weighted by atomic mass is 16.6. The van der Waals surface area contributed by atoms with Gasteiger partial charge in [0.15, 0.2) is 6.10 Å². The standard InChI is InChI=1S/C75H134O5/c1-3-5-7-9-11-13-15-17-19-21-23-25-27-29-30-31-32-33-34-35-36-37-38-39-40-41-42-43-44-46-48-50-52-54-56-58-60-62-64-66-68-70-75(78)80-73(71-76)72-79-74(77)69-67-65-63-61-59-57-55-53-51-49-47-45-28-26-24-22-20-18-16-14-12-10-8-6-4-2/h5,7,11,13,16-19,22-25,28,45,73,76H,3-4,6,8-10,12,14-15,20-21,26-27,29-44,46-72H2,1-2H3/b7-5-,13-11-,18-16-,19-17-,24-22-,25-23-,45-28-. The summed E-state index contributed by atoms with van der Waals surface area (Å²) in [6, 6.07) is 0. The maximum absolute atomic E-state index is 12.4. The zero-order chi connectivity index (χ0) is 57.6. The molecule has 0 aromatic rings. The Kier molecular flexibility index (Phi) is 67.8. The second-order valence-electron chi connectivity index (χ2n) is 23.6. The van der Waals surface area contributed by atoms with Crippen LogP contribution in [0.25, 0.3) is 0 Å². The fourth-order valence-electron chi connectivity index (χ4n) is 10.4. The summed E-state index contributed by atoms with van der Waals surface area (Å²) in [5.41, 5.74) is 0. The number of allylic oxidation sites excluding steroid dienone is 14. The lowest BCUT2D eigenvalue weighted by atomic mass is 10.0. The van der Waals surface area contributed by atoms with Crippen molar-refractivity contribution in [2.75, 3.05) is 13.2 Å². The van der Waals surface area contributed by atoms with Crippen LogP contribution >= 0.6 is 0 Å². The molecule has 0 aromatic heterocycles. The van der Waals surface area contributed by atoms with E-state index in [9.17, 15) is 14.7 Å². The maximum atomic E-state index is 12.4. The van der Waals surface area contributed by atoms with Gasteiger partial charge < -0.3 is 14.6 Å². The van der Waals surface area contributed by atoms with Crippen LogP contribution in [-0.4, -0.2) is 36.4 Å². The average Bonchev–Trinajstić information content (AvgIpc) is 3.46. The molecule has 0 radical (unpaired) electrons. The first kappa shape index (κ1) is 77.1. The molecule has 80 heavy (non-hydrogen) atoms. The van der Waals surface area contributed by atoms with Gasteiger partial charge in [0, 0.05) is 12.8 Å². The highest BCUT2D eigenvalue weighted by molar-refractivity contribution is 5.70. The van der Waals surface area contributed by atoms with Gasteiger partial charge in [-0.15, -0.1) is 0 Å². The van der Waals surface area contributed by atoms with Crippen molar-refractivity contribution in [3.63, 3.8) is 0 Å². The molecule has 0 saturated carbocycles. The van der Waals surface area contributed by atoms with Crippen LogP contribution in [0.1, 0.15) is 361 Å². The van der Waals surface area contributed by atoms with Crippen molar-refractivity contribution in [2.24, 2.45) is 0 Å². The number of aliphatic hydroxyl groups is 1. The van der Waals surface area contributed by atoms with Crippen molar-refractivity contribution in [3.05, 3.63) is 85.1 Å². The largest absolute Gasteiger partial charge is 0.462 e. The van der Waals surface area contributed by atoms with Gasteiger partial charge in [0.2, 0.25) is 0 Å². The van der Waals surface area contributed by atoms with Crippen molar-refractivity contribution in [3.8, 4) is 0 Å². The van der Waals surface area contributed by atoms with E-state index < -0.39 is 6.10 Å². The zero-order valence-electron chi connectivity index (χ0n) is 53.3. The molecule has 0 amide bonds. The van der Waals surface area contributed by atoms with Crippen molar-refractivity contribution >= 4 is 11.9 Å². The first-order chi connectivity index (χ1) is 39.6. The zero-order valence-corrected chi connectivity index (χ0v) is 53.3. The van der Waals surface area contributed by atoms with E-state index in [2.05, 4.69) is 98.9 Å². The van der Waals surface area contributed by atoms with Crippen molar-refractivity contribution in [2.45, 2.75) is 367 Å². The minimum Gasteiger partial charge on any atom is -0.462 e. The molecule has 0 aromatic carbocycles. The average molecular weight is 1120 g/mol. The molecule has 0 aliphatic heterocycles. The Balaban J connectivity index is 3.40. The first-order valence-electron chi connectivity index (χ1n) is 35.1. The predicted molar refractivity (Wildman–Crippen MR) is 353 cm³/mol. The van der Waals surface area contributed by atoms with Crippen LogP contribution < -0.4 is 0 Å². The van der Waals surface area contributed by atoms with Crippen molar-refractivity contribution in [1.29, 1.82) is 0 Å².